The molecule has 4 heteroatoms. The van der Waals surface area contributed by atoms with Crippen molar-refractivity contribution in [3.63, 3.8) is 0 Å². The lowest BCUT2D eigenvalue weighted by Gasteiger charge is -2.29. The van der Waals surface area contributed by atoms with Gasteiger partial charge in [0, 0.05) is 11.8 Å². The zero-order chi connectivity index (χ0) is 13.4. The number of hydrogen-bond acceptors (Lipinski definition) is 3. The Hall–Kier alpha value is -0.800. The zero-order valence-corrected chi connectivity index (χ0v) is 11.8. The third kappa shape index (κ3) is 2.78. The van der Waals surface area contributed by atoms with Gasteiger partial charge in [-0.3, -0.25) is 0 Å². The fourth-order valence-corrected chi connectivity index (χ4v) is 2.90. The number of nitrogens with zero attached hydrogens (tertiary/aromatic N) is 1. The highest BCUT2D eigenvalue weighted by molar-refractivity contribution is 6.30. The maximum absolute atomic E-state index is 10.9. The van der Waals surface area contributed by atoms with E-state index < -0.39 is 5.60 Å². The normalized spacial score (nSPS) is 27.8. The molecule has 0 saturated heterocycles. The van der Waals surface area contributed by atoms with Gasteiger partial charge in [0.05, 0.1) is 10.6 Å². The summed E-state index contributed by atoms with van der Waals surface area (Å²) in [6.45, 7) is 4.50. The van der Waals surface area contributed by atoms with Gasteiger partial charge >= 0.3 is 0 Å². The number of aromatic nitrogens is 1. The molecule has 2 rings (SSSR count). The van der Waals surface area contributed by atoms with Crippen LogP contribution in [0, 0.1) is 5.41 Å². The van der Waals surface area contributed by atoms with Gasteiger partial charge in [-0.25, -0.2) is 4.98 Å². The molecule has 1 aromatic rings. The average molecular weight is 269 g/mol. The third-order valence-corrected chi connectivity index (χ3v) is 4.25. The molecule has 1 fully saturated rings. The highest BCUT2D eigenvalue weighted by Crippen LogP contribution is 2.44. The first-order valence-electron chi connectivity index (χ1n) is 6.46. The van der Waals surface area contributed by atoms with E-state index in [1.54, 1.807) is 6.07 Å². The molecule has 1 atom stereocenters. The van der Waals surface area contributed by atoms with Crippen LogP contribution in [0.5, 0.6) is 0 Å². The number of rotatable bonds is 1. The van der Waals surface area contributed by atoms with Crippen LogP contribution in [-0.2, 0) is 5.60 Å². The smallest absolute Gasteiger partial charge is 0.129 e. The second kappa shape index (κ2) is 4.71. The van der Waals surface area contributed by atoms with Crippen LogP contribution in [0.4, 0.5) is 5.82 Å². The maximum Gasteiger partial charge on any atom is 0.129 e. The van der Waals surface area contributed by atoms with Crippen molar-refractivity contribution in [2.45, 2.75) is 51.6 Å². The maximum atomic E-state index is 10.9. The molecule has 1 unspecified atom stereocenters. The summed E-state index contributed by atoms with van der Waals surface area (Å²) in [4.78, 5) is 4.05. The second-order valence-corrected chi connectivity index (χ2v) is 6.57. The van der Waals surface area contributed by atoms with Crippen LogP contribution in [0.3, 0.4) is 0 Å². The van der Waals surface area contributed by atoms with E-state index >= 15 is 0 Å². The van der Waals surface area contributed by atoms with Crippen molar-refractivity contribution >= 4 is 17.4 Å². The van der Waals surface area contributed by atoms with E-state index in [1.807, 2.05) is 0 Å². The summed E-state index contributed by atoms with van der Waals surface area (Å²) < 4.78 is 0. The number of anilines is 1. The standard InChI is InChI=1S/C14H21ClN2O/c1-13(2)4-3-5-14(18,7-6-13)11-8-10(15)9-17-12(11)16/h8-9,18H,3-7H2,1-2H3,(H2,16,17). The fraction of sp³-hybridized carbons (Fsp3) is 0.643. The molecular formula is C14H21ClN2O. The molecule has 0 aromatic carbocycles. The summed E-state index contributed by atoms with van der Waals surface area (Å²) in [7, 11) is 0. The number of pyridine rings is 1. The van der Waals surface area contributed by atoms with Crippen molar-refractivity contribution in [3.8, 4) is 0 Å². The molecule has 18 heavy (non-hydrogen) atoms. The molecule has 0 amide bonds. The number of hydrogen-bond donors (Lipinski definition) is 2. The Labute approximate surface area is 113 Å². The summed E-state index contributed by atoms with van der Waals surface area (Å²) in [6, 6.07) is 1.75. The molecule has 1 aromatic heterocycles. The number of aliphatic hydroxyl groups is 1. The van der Waals surface area contributed by atoms with E-state index in [9.17, 15) is 5.11 Å². The number of nitrogen functional groups attached to an aromatic ring is 1. The molecule has 1 aliphatic rings. The summed E-state index contributed by atoms with van der Waals surface area (Å²) >= 11 is 5.97. The van der Waals surface area contributed by atoms with Crippen molar-refractivity contribution in [1.29, 1.82) is 0 Å². The molecule has 0 aliphatic heterocycles. The molecule has 3 nitrogen and oxygen atoms in total. The minimum Gasteiger partial charge on any atom is -0.385 e. The highest BCUT2D eigenvalue weighted by Gasteiger charge is 2.36. The van der Waals surface area contributed by atoms with Crippen LogP contribution >= 0.6 is 11.6 Å². The zero-order valence-electron chi connectivity index (χ0n) is 11.0. The molecule has 0 spiro atoms. The van der Waals surface area contributed by atoms with Crippen LogP contribution in [0.15, 0.2) is 12.3 Å². The Balaban J connectivity index is 2.33. The Morgan fingerprint density at radius 2 is 2.00 bits per heavy atom. The van der Waals surface area contributed by atoms with Crippen LogP contribution in [-0.4, -0.2) is 10.1 Å². The molecule has 1 saturated carbocycles. The van der Waals surface area contributed by atoms with E-state index in [4.69, 9.17) is 17.3 Å². The predicted molar refractivity (Wildman–Crippen MR) is 74.4 cm³/mol. The van der Waals surface area contributed by atoms with Gasteiger partial charge in [0.1, 0.15) is 5.82 Å². The predicted octanol–water partition coefficient (Wildman–Crippen LogP) is 3.50. The molecule has 0 bridgehead atoms. The van der Waals surface area contributed by atoms with Crippen molar-refractivity contribution < 1.29 is 5.11 Å². The molecule has 1 aliphatic carbocycles. The van der Waals surface area contributed by atoms with E-state index in [0.29, 0.717) is 22.8 Å². The topological polar surface area (TPSA) is 59.1 Å². The van der Waals surface area contributed by atoms with Crippen LogP contribution in [0.1, 0.15) is 51.5 Å². The van der Waals surface area contributed by atoms with Crippen LogP contribution in [0.2, 0.25) is 5.02 Å². The lowest BCUT2D eigenvalue weighted by Crippen LogP contribution is -2.27. The molecule has 0 radical (unpaired) electrons. The Bertz CT molecular complexity index is 447. The first-order chi connectivity index (χ1) is 8.32. The van der Waals surface area contributed by atoms with Gasteiger partial charge in [0.15, 0.2) is 0 Å². The Morgan fingerprint density at radius 3 is 2.72 bits per heavy atom. The van der Waals surface area contributed by atoms with Gasteiger partial charge in [-0.2, -0.15) is 0 Å². The molecule has 1 heterocycles. The molecule has 3 N–H and O–H groups in total. The third-order valence-electron chi connectivity index (χ3n) is 4.05. The van der Waals surface area contributed by atoms with Crippen LogP contribution in [0.25, 0.3) is 0 Å². The van der Waals surface area contributed by atoms with E-state index in [1.165, 1.54) is 6.20 Å². The number of halogens is 1. The van der Waals surface area contributed by atoms with Crippen molar-refractivity contribution in [1.82, 2.24) is 4.98 Å². The van der Waals surface area contributed by atoms with Crippen molar-refractivity contribution in [3.05, 3.63) is 22.8 Å². The summed E-state index contributed by atoms with van der Waals surface area (Å²) in [5, 5.41) is 11.4. The summed E-state index contributed by atoms with van der Waals surface area (Å²) in [6.07, 6.45) is 6.06. The van der Waals surface area contributed by atoms with E-state index in [2.05, 4.69) is 18.8 Å². The van der Waals surface area contributed by atoms with Gasteiger partial charge in [-0.15, -0.1) is 0 Å². The molecule has 100 valence electrons. The first-order valence-corrected chi connectivity index (χ1v) is 6.84. The largest absolute Gasteiger partial charge is 0.385 e. The van der Waals surface area contributed by atoms with E-state index in [-0.39, 0.29) is 5.41 Å². The molecular weight excluding hydrogens is 248 g/mol. The minimum absolute atomic E-state index is 0.283. The minimum atomic E-state index is -0.879. The van der Waals surface area contributed by atoms with Gasteiger partial charge in [0.2, 0.25) is 0 Å². The van der Waals surface area contributed by atoms with Crippen LogP contribution < -0.4 is 5.73 Å². The van der Waals surface area contributed by atoms with E-state index in [0.717, 1.165) is 25.7 Å². The Morgan fingerprint density at radius 1 is 1.28 bits per heavy atom. The van der Waals surface area contributed by atoms with Gasteiger partial charge < -0.3 is 10.8 Å². The van der Waals surface area contributed by atoms with Crippen molar-refractivity contribution in [2.75, 3.05) is 5.73 Å². The fourth-order valence-electron chi connectivity index (χ4n) is 2.75. The monoisotopic (exact) mass is 268 g/mol. The number of nitrogens with two attached hydrogens (primary N) is 1. The first kappa shape index (κ1) is 13.6. The van der Waals surface area contributed by atoms with Gasteiger partial charge in [-0.05, 0) is 43.6 Å². The second-order valence-electron chi connectivity index (χ2n) is 6.14. The summed E-state index contributed by atoms with van der Waals surface area (Å²) in [5.74, 6) is 0.390. The van der Waals surface area contributed by atoms with Gasteiger partial charge in [0.25, 0.3) is 0 Å². The summed E-state index contributed by atoms with van der Waals surface area (Å²) in [5.41, 5.74) is 5.99. The lowest BCUT2D eigenvalue weighted by atomic mass is 9.82. The van der Waals surface area contributed by atoms with Crippen molar-refractivity contribution in [2.24, 2.45) is 5.41 Å². The average Bonchev–Trinajstić information content (AvgIpc) is 2.42. The Kier molecular flexibility index (Phi) is 3.56. The van der Waals surface area contributed by atoms with Gasteiger partial charge in [-0.1, -0.05) is 25.4 Å². The quantitative estimate of drug-likeness (QED) is 0.767. The SMILES string of the molecule is CC1(C)CCCC(O)(c2cc(Cl)cnc2N)CC1. The lowest BCUT2D eigenvalue weighted by molar-refractivity contribution is 0.0185. The highest BCUT2D eigenvalue weighted by atomic mass is 35.5.